The molecule has 0 amide bonds. The second kappa shape index (κ2) is 6.08. The molecule has 0 aromatic carbocycles. The standard InChI is InChI=1S/C11H21NO3/c1-2-8-4-3-5-9(6-8)15-7-10(12)11(13)14/h8-10H,2-7,12H2,1H3,(H,13,14). The van der Waals surface area contributed by atoms with Gasteiger partial charge in [-0.15, -0.1) is 0 Å². The van der Waals surface area contributed by atoms with Crippen LogP contribution >= 0.6 is 0 Å². The van der Waals surface area contributed by atoms with E-state index in [1.54, 1.807) is 0 Å². The van der Waals surface area contributed by atoms with Gasteiger partial charge in [0.05, 0.1) is 12.7 Å². The number of rotatable bonds is 5. The first-order valence-electron chi connectivity index (χ1n) is 5.73. The molecular formula is C11H21NO3. The Morgan fingerprint density at radius 2 is 2.33 bits per heavy atom. The summed E-state index contributed by atoms with van der Waals surface area (Å²) in [6.45, 7) is 2.33. The molecule has 1 fully saturated rings. The third-order valence-electron chi connectivity index (χ3n) is 3.14. The Bertz CT molecular complexity index is 208. The van der Waals surface area contributed by atoms with Crippen LogP contribution in [0.25, 0.3) is 0 Å². The summed E-state index contributed by atoms with van der Waals surface area (Å²) in [4.78, 5) is 10.5. The van der Waals surface area contributed by atoms with E-state index in [1.807, 2.05) is 0 Å². The quantitative estimate of drug-likeness (QED) is 0.726. The average molecular weight is 215 g/mol. The lowest BCUT2D eigenvalue weighted by atomic mass is 9.85. The molecule has 3 atom stereocenters. The van der Waals surface area contributed by atoms with E-state index in [0.717, 1.165) is 18.8 Å². The summed E-state index contributed by atoms with van der Waals surface area (Å²) in [6, 6.07) is -0.882. The molecule has 0 aliphatic heterocycles. The van der Waals surface area contributed by atoms with Crippen molar-refractivity contribution in [2.45, 2.75) is 51.2 Å². The second-order valence-corrected chi connectivity index (χ2v) is 4.34. The zero-order valence-corrected chi connectivity index (χ0v) is 9.32. The number of carboxylic acids is 1. The molecule has 15 heavy (non-hydrogen) atoms. The third-order valence-corrected chi connectivity index (χ3v) is 3.14. The van der Waals surface area contributed by atoms with Crippen LogP contribution < -0.4 is 5.73 Å². The minimum Gasteiger partial charge on any atom is -0.480 e. The van der Waals surface area contributed by atoms with Crippen molar-refractivity contribution >= 4 is 5.97 Å². The Morgan fingerprint density at radius 3 is 2.93 bits per heavy atom. The molecule has 88 valence electrons. The fourth-order valence-corrected chi connectivity index (χ4v) is 2.07. The van der Waals surface area contributed by atoms with Crippen molar-refractivity contribution < 1.29 is 14.6 Å². The monoisotopic (exact) mass is 215 g/mol. The molecule has 0 aromatic rings. The van der Waals surface area contributed by atoms with Crippen LogP contribution in [-0.2, 0) is 9.53 Å². The average Bonchev–Trinajstić information content (AvgIpc) is 2.26. The van der Waals surface area contributed by atoms with Crippen molar-refractivity contribution in [1.29, 1.82) is 0 Å². The lowest BCUT2D eigenvalue weighted by Gasteiger charge is -2.28. The molecule has 0 aromatic heterocycles. The van der Waals surface area contributed by atoms with Gasteiger partial charge in [-0.05, 0) is 18.8 Å². The first-order chi connectivity index (χ1) is 7.13. The van der Waals surface area contributed by atoms with Crippen molar-refractivity contribution in [3.8, 4) is 0 Å². The minimum absolute atomic E-state index is 0.135. The number of hydrogen-bond donors (Lipinski definition) is 2. The largest absolute Gasteiger partial charge is 0.480 e. The van der Waals surface area contributed by atoms with Crippen LogP contribution in [0.4, 0.5) is 0 Å². The number of nitrogens with two attached hydrogens (primary N) is 1. The highest BCUT2D eigenvalue weighted by atomic mass is 16.5. The van der Waals surface area contributed by atoms with Crippen LogP contribution in [0.5, 0.6) is 0 Å². The van der Waals surface area contributed by atoms with Gasteiger partial charge in [-0.1, -0.05) is 26.2 Å². The Hall–Kier alpha value is -0.610. The second-order valence-electron chi connectivity index (χ2n) is 4.34. The maximum atomic E-state index is 10.5. The molecule has 1 aliphatic rings. The molecule has 1 saturated carbocycles. The summed E-state index contributed by atoms with van der Waals surface area (Å²) in [5.74, 6) is -0.248. The van der Waals surface area contributed by atoms with Gasteiger partial charge in [0.2, 0.25) is 0 Å². The van der Waals surface area contributed by atoms with E-state index < -0.39 is 12.0 Å². The Morgan fingerprint density at radius 1 is 1.60 bits per heavy atom. The zero-order chi connectivity index (χ0) is 11.3. The van der Waals surface area contributed by atoms with Gasteiger partial charge in [0, 0.05) is 0 Å². The molecule has 1 rings (SSSR count). The van der Waals surface area contributed by atoms with Crippen molar-refractivity contribution in [3.05, 3.63) is 0 Å². The highest BCUT2D eigenvalue weighted by Gasteiger charge is 2.22. The molecular weight excluding hydrogens is 194 g/mol. The van der Waals surface area contributed by atoms with E-state index in [-0.39, 0.29) is 12.7 Å². The summed E-state index contributed by atoms with van der Waals surface area (Å²) in [5.41, 5.74) is 5.38. The molecule has 0 spiro atoms. The fourth-order valence-electron chi connectivity index (χ4n) is 2.07. The molecule has 0 heterocycles. The third kappa shape index (κ3) is 4.18. The number of ether oxygens (including phenoxy) is 1. The van der Waals surface area contributed by atoms with Crippen LogP contribution in [0.15, 0.2) is 0 Å². The SMILES string of the molecule is CCC1CCCC(OCC(N)C(=O)O)C1. The summed E-state index contributed by atoms with van der Waals surface area (Å²) < 4.78 is 5.53. The molecule has 0 radical (unpaired) electrons. The van der Waals surface area contributed by atoms with E-state index in [1.165, 1.54) is 19.3 Å². The predicted octanol–water partition coefficient (Wildman–Crippen LogP) is 1.38. The van der Waals surface area contributed by atoms with Gasteiger partial charge in [-0.2, -0.15) is 0 Å². The van der Waals surface area contributed by atoms with Crippen LogP contribution in [0, 0.1) is 5.92 Å². The Balaban J connectivity index is 2.23. The van der Waals surface area contributed by atoms with E-state index in [9.17, 15) is 4.79 Å². The van der Waals surface area contributed by atoms with Crippen molar-refractivity contribution in [3.63, 3.8) is 0 Å². The molecule has 1 aliphatic carbocycles. The van der Waals surface area contributed by atoms with Crippen LogP contribution in [0.1, 0.15) is 39.0 Å². The summed E-state index contributed by atoms with van der Waals surface area (Å²) in [6.07, 6.45) is 5.97. The van der Waals surface area contributed by atoms with Gasteiger partial charge in [0.25, 0.3) is 0 Å². The molecule has 4 heteroatoms. The zero-order valence-electron chi connectivity index (χ0n) is 9.32. The van der Waals surface area contributed by atoms with E-state index in [0.29, 0.717) is 0 Å². The van der Waals surface area contributed by atoms with Gasteiger partial charge in [-0.25, -0.2) is 0 Å². The first kappa shape index (κ1) is 12.5. The van der Waals surface area contributed by atoms with Gasteiger partial charge in [0.15, 0.2) is 0 Å². The normalized spacial score (nSPS) is 28.7. The topological polar surface area (TPSA) is 72.5 Å². The van der Waals surface area contributed by atoms with Gasteiger partial charge in [0.1, 0.15) is 6.04 Å². The highest BCUT2D eigenvalue weighted by Crippen LogP contribution is 2.28. The molecule has 0 saturated heterocycles. The van der Waals surface area contributed by atoms with Gasteiger partial charge in [-0.3, -0.25) is 4.79 Å². The van der Waals surface area contributed by atoms with E-state index in [2.05, 4.69) is 6.92 Å². The Kier molecular flexibility index (Phi) is 5.05. The highest BCUT2D eigenvalue weighted by molar-refractivity contribution is 5.73. The minimum atomic E-state index is -0.988. The predicted molar refractivity (Wildman–Crippen MR) is 57.6 cm³/mol. The summed E-state index contributed by atoms with van der Waals surface area (Å²) >= 11 is 0. The van der Waals surface area contributed by atoms with E-state index in [4.69, 9.17) is 15.6 Å². The maximum absolute atomic E-state index is 10.5. The van der Waals surface area contributed by atoms with Crippen molar-refractivity contribution in [2.24, 2.45) is 11.7 Å². The molecule has 3 N–H and O–H groups in total. The van der Waals surface area contributed by atoms with Crippen molar-refractivity contribution in [1.82, 2.24) is 0 Å². The number of aliphatic carboxylic acids is 1. The molecule has 4 nitrogen and oxygen atoms in total. The lowest BCUT2D eigenvalue weighted by Crippen LogP contribution is -2.37. The lowest BCUT2D eigenvalue weighted by molar-refractivity contribution is -0.140. The number of carbonyl (C=O) groups is 1. The summed E-state index contributed by atoms with van der Waals surface area (Å²) in [7, 11) is 0. The van der Waals surface area contributed by atoms with Crippen molar-refractivity contribution in [2.75, 3.05) is 6.61 Å². The summed E-state index contributed by atoms with van der Waals surface area (Å²) in [5, 5.41) is 8.60. The van der Waals surface area contributed by atoms with Crippen LogP contribution in [0.3, 0.4) is 0 Å². The fraction of sp³-hybridized carbons (Fsp3) is 0.909. The maximum Gasteiger partial charge on any atom is 0.322 e. The van der Waals surface area contributed by atoms with Gasteiger partial charge < -0.3 is 15.6 Å². The van der Waals surface area contributed by atoms with E-state index >= 15 is 0 Å². The Labute approximate surface area is 90.8 Å². The number of hydrogen-bond acceptors (Lipinski definition) is 3. The number of carboxylic acid groups (broad SMARTS) is 1. The first-order valence-corrected chi connectivity index (χ1v) is 5.73. The van der Waals surface area contributed by atoms with Gasteiger partial charge >= 0.3 is 5.97 Å². The smallest absolute Gasteiger partial charge is 0.322 e. The molecule has 3 unspecified atom stereocenters. The molecule has 0 bridgehead atoms. The van der Waals surface area contributed by atoms with Crippen LogP contribution in [0.2, 0.25) is 0 Å². The van der Waals surface area contributed by atoms with Crippen LogP contribution in [-0.4, -0.2) is 29.8 Å².